The Labute approximate surface area is 102 Å². The minimum absolute atomic E-state index is 0.287. The van der Waals surface area contributed by atoms with Gasteiger partial charge in [0.25, 0.3) is 0 Å². The van der Waals surface area contributed by atoms with E-state index < -0.39 is 15.6 Å². The van der Waals surface area contributed by atoms with Gasteiger partial charge in [-0.2, -0.15) is 4.31 Å². The standard InChI is InChI=1S/C12H17NO3S/c1-9-4-6-10(7-5-9)17(15,16)13-8-11(13)12(2,3)14/h4-7,11,14H,8H2,1-3H3. The number of aryl methyl sites for hydroxylation is 1. The zero-order valence-electron chi connectivity index (χ0n) is 10.2. The predicted molar refractivity (Wildman–Crippen MR) is 65.2 cm³/mol. The summed E-state index contributed by atoms with van der Waals surface area (Å²) in [4.78, 5) is 0.287. The third-order valence-electron chi connectivity index (χ3n) is 3.01. The van der Waals surface area contributed by atoms with E-state index in [1.165, 1.54) is 4.31 Å². The Morgan fingerprint density at radius 2 is 1.82 bits per heavy atom. The number of hydrogen-bond donors (Lipinski definition) is 1. The third-order valence-corrected chi connectivity index (χ3v) is 4.90. The van der Waals surface area contributed by atoms with Crippen LogP contribution in [0.15, 0.2) is 29.2 Å². The molecular weight excluding hydrogens is 238 g/mol. The smallest absolute Gasteiger partial charge is 0.243 e. The average Bonchev–Trinajstić information content (AvgIpc) is 2.96. The van der Waals surface area contributed by atoms with Crippen molar-refractivity contribution in [1.29, 1.82) is 0 Å². The monoisotopic (exact) mass is 255 g/mol. The first-order chi connectivity index (χ1) is 7.73. The van der Waals surface area contributed by atoms with Crippen molar-refractivity contribution < 1.29 is 13.5 Å². The van der Waals surface area contributed by atoms with Gasteiger partial charge in [0.1, 0.15) is 0 Å². The van der Waals surface area contributed by atoms with E-state index in [0.29, 0.717) is 6.54 Å². The van der Waals surface area contributed by atoms with E-state index in [2.05, 4.69) is 0 Å². The first kappa shape index (κ1) is 12.5. The molecule has 4 nitrogen and oxygen atoms in total. The van der Waals surface area contributed by atoms with Crippen molar-refractivity contribution in [1.82, 2.24) is 4.31 Å². The van der Waals surface area contributed by atoms with E-state index in [1.54, 1.807) is 38.1 Å². The predicted octanol–water partition coefficient (Wildman–Crippen LogP) is 1.14. The largest absolute Gasteiger partial charge is 0.389 e. The third kappa shape index (κ3) is 2.36. The Kier molecular flexibility index (Phi) is 2.80. The van der Waals surface area contributed by atoms with Crippen molar-refractivity contribution in [2.75, 3.05) is 6.54 Å². The minimum Gasteiger partial charge on any atom is -0.389 e. The Balaban J connectivity index is 2.25. The maximum absolute atomic E-state index is 12.2. The first-order valence-corrected chi connectivity index (χ1v) is 6.98. The molecule has 5 heteroatoms. The molecular formula is C12H17NO3S. The summed E-state index contributed by atoms with van der Waals surface area (Å²) in [6.45, 7) is 5.55. The molecule has 1 aliphatic heterocycles. The first-order valence-electron chi connectivity index (χ1n) is 5.54. The van der Waals surface area contributed by atoms with Gasteiger partial charge in [-0.25, -0.2) is 8.42 Å². The van der Waals surface area contributed by atoms with Gasteiger partial charge >= 0.3 is 0 Å². The lowest BCUT2D eigenvalue weighted by atomic mass is 10.1. The molecule has 0 aromatic heterocycles. The molecule has 0 radical (unpaired) electrons. The van der Waals surface area contributed by atoms with Crippen LogP contribution in [-0.2, 0) is 10.0 Å². The highest BCUT2D eigenvalue weighted by molar-refractivity contribution is 7.89. The molecule has 94 valence electrons. The highest BCUT2D eigenvalue weighted by atomic mass is 32.2. The highest BCUT2D eigenvalue weighted by Crippen LogP contribution is 2.34. The van der Waals surface area contributed by atoms with E-state index in [-0.39, 0.29) is 10.9 Å². The van der Waals surface area contributed by atoms with Gasteiger partial charge in [-0.3, -0.25) is 0 Å². The van der Waals surface area contributed by atoms with Gasteiger partial charge in [0, 0.05) is 6.54 Å². The van der Waals surface area contributed by atoms with Gasteiger partial charge < -0.3 is 5.11 Å². The number of hydrogen-bond acceptors (Lipinski definition) is 3. The van der Waals surface area contributed by atoms with E-state index in [1.807, 2.05) is 6.92 Å². The summed E-state index contributed by atoms with van der Waals surface area (Å²) in [7, 11) is -3.44. The number of rotatable bonds is 3. The van der Waals surface area contributed by atoms with E-state index in [0.717, 1.165) is 5.56 Å². The summed E-state index contributed by atoms with van der Waals surface area (Å²) in [6, 6.07) is 6.44. The lowest BCUT2D eigenvalue weighted by Gasteiger charge is -2.17. The van der Waals surface area contributed by atoms with Gasteiger partial charge in [0.2, 0.25) is 10.0 Å². The fourth-order valence-electron chi connectivity index (χ4n) is 1.81. The van der Waals surface area contributed by atoms with Gasteiger partial charge in [-0.1, -0.05) is 17.7 Å². The maximum Gasteiger partial charge on any atom is 0.243 e. The number of sulfonamides is 1. The number of nitrogens with zero attached hydrogens (tertiary/aromatic N) is 1. The molecule has 1 fully saturated rings. The van der Waals surface area contributed by atoms with Gasteiger partial charge in [0.05, 0.1) is 16.5 Å². The fourth-order valence-corrected chi connectivity index (χ4v) is 3.49. The molecule has 1 aliphatic rings. The molecule has 1 aromatic rings. The molecule has 2 rings (SSSR count). The van der Waals surface area contributed by atoms with Crippen molar-refractivity contribution in [2.45, 2.75) is 37.3 Å². The minimum atomic E-state index is -3.44. The summed E-state index contributed by atoms with van der Waals surface area (Å²) in [5, 5.41) is 9.78. The van der Waals surface area contributed by atoms with Crippen molar-refractivity contribution in [3.05, 3.63) is 29.8 Å². The van der Waals surface area contributed by atoms with Crippen LogP contribution in [0.2, 0.25) is 0 Å². The second kappa shape index (κ2) is 3.80. The summed E-state index contributed by atoms with van der Waals surface area (Å²) >= 11 is 0. The second-order valence-electron chi connectivity index (χ2n) is 5.06. The van der Waals surface area contributed by atoms with Crippen molar-refractivity contribution in [3.8, 4) is 0 Å². The highest BCUT2D eigenvalue weighted by Gasteiger charge is 2.52. The van der Waals surface area contributed by atoms with Gasteiger partial charge in [-0.15, -0.1) is 0 Å². The summed E-state index contributed by atoms with van der Waals surface area (Å²) in [5.74, 6) is 0. The summed E-state index contributed by atoms with van der Waals surface area (Å²) in [6.07, 6.45) is 0. The average molecular weight is 255 g/mol. The van der Waals surface area contributed by atoms with Crippen LogP contribution >= 0.6 is 0 Å². The Bertz CT molecular complexity index is 514. The normalized spacial score (nSPS) is 24.7. The van der Waals surface area contributed by atoms with Crippen LogP contribution in [-0.4, -0.2) is 36.0 Å². The molecule has 1 aromatic carbocycles. The van der Waals surface area contributed by atoms with E-state index >= 15 is 0 Å². The Morgan fingerprint density at radius 3 is 2.24 bits per heavy atom. The van der Waals surface area contributed by atoms with E-state index in [4.69, 9.17) is 0 Å². The summed E-state index contributed by atoms with van der Waals surface area (Å²) < 4.78 is 25.7. The fraction of sp³-hybridized carbons (Fsp3) is 0.500. The van der Waals surface area contributed by atoms with Crippen LogP contribution < -0.4 is 0 Å². The van der Waals surface area contributed by atoms with Crippen LogP contribution in [0.1, 0.15) is 19.4 Å². The number of aliphatic hydroxyl groups is 1. The SMILES string of the molecule is Cc1ccc(S(=O)(=O)N2CC2C(C)(C)O)cc1. The topological polar surface area (TPSA) is 57.4 Å². The van der Waals surface area contributed by atoms with E-state index in [9.17, 15) is 13.5 Å². The quantitative estimate of drug-likeness (QED) is 0.824. The maximum atomic E-state index is 12.2. The van der Waals surface area contributed by atoms with Crippen LogP contribution in [0.4, 0.5) is 0 Å². The van der Waals surface area contributed by atoms with Crippen LogP contribution in [0.5, 0.6) is 0 Å². The molecule has 0 amide bonds. The molecule has 0 bridgehead atoms. The Morgan fingerprint density at radius 1 is 1.29 bits per heavy atom. The molecule has 17 heavy (non-hydrogen) atoms. The van der Waals surface area contributed by atoms with Crippen molar-refractivity contribution >= 4 is 10.0 Å². The van der Waals surface area contributed by atoms with Gasteiger partial charge in [-0.05, 0) is 32.9 Å². The summed E-state index contributed by atoms with van der Waals surface area (Å²) in [5.41, 5.74) is 0.0337. The zero-order chi connectivity index (χ0) is 12.8. The second-order valence-corrected chi connectivity index (χ2v) is 6.95. The molecule has 2 atom stereocenters. The molecule has 1 heterocycles. The lowest BCUT2D eigenvalue weighted by molar-refractivity contribution is 0.0720. The molecule has 1 saturated heterocycles. The lowest BCUT2D eigenvalue weighted by Crippen LogP contribution is -2.31. The van der Waals surface area contributed by atoms with Crippen molar-refractivity contribution in [2.24, 2.45) is 0 Å². The van der Waals surface area contributed by atoms with Gasteiger partial charge in [0.15, 0.2) is 0 Å². The van der Waals surface area contributed by atoms with Crippen LogP contribution in [0.25, 0.3) is 0 Å². The van der Waals surface area contributed by atoms with Crippen LogP contribution in [0.3, 0.4) is 0 Å². The molecule has 0 spiro atoms. The molecule has 0 aliphatic carbocycles. The molecule has 2 unspecified atom stereocenters. The zero-order valence-corrected chi connectivity index (χ0v) is 11.0. The Hall–Kier alpha value is -0.910. The van der Waals surface area contributed by atoms with Crippen LogP contribution in [0, 0.1) is 6.92 Å². The molecule has 0 saturated carbocycles. The molecule has 1 N–H and O–H groups in total. The number of benzene rings is 1. The van der Waals surface area contributed by atoms with Crippen molar-refractivity contribution in [3.63, 3.8) is 0 Å².